The van der Waals surface area contributed by atoms with Crippen molar-refractivity contribution in [3.8, 4) is 5.69 Å². The van der Waals surface area contributed by atoms with Gasteiger partial charge in [0.2, 0.25) is 0 Å². The number of methoxy groups -OCH3 is 1. The van der Waals surface area contributed by atoms with E-state index in [9.17, 15) is 4.79 Å². The van der Waals surface area contributed by atoms with E-state index < -0.39 is 0 Å². The van der Waals surface area contributed by atoms with Crippen molar-refractivity contribution in [2.75, 3.05) is 12.4 Å². The average molecular weight is 350 g/mol. The average Bonchev–Trinajstić information content (AvgIpc) is 3.07. The number of nitrogens with one attached hydrogen (secondary N) is 1. The second-order valence-electron chi connectivity index (χ2n) is 6.12. The van der Waals surface area contributed by atoms with Gasteiger partial charge in [-0.15, -0.1) is 0 Å². The summed E-state index contributed by atoms with van der Waals surface area (Å²) in [4.78, 5) is 20.4. The predicted octanol–water partition coefficient (Wildman–Crippen LogP) is 3.84. The molecule has 0 bridgehead atoms. The fourth-order valence-electron chi connectivity index (χ4n) is 2.85. The van der Waals surface area contributed by atoms with E-state index in [0.29, 0.717) is 11.3 Å². The van der Waals surface area contributed by atoms with Gasteiger partial charge in [0.1, 0.15) is 11.6 Å². The number of carbonyl (C=O) groups excluding carboxylic acids is 1. The summed E-state index contributed by atoms with van der Waals surface area (Å²) >= 11 is 0. The lowest BCUT2D eigenvalue weighted by Gasteiger charge is -2.16. The summed E-state index contributed by atoms with van der Waals surface area (Å²) < 4.78 is 6.79. The fourth-order valence-corrected chi connectivity index (χ4v) is 2.85. The molecule has 0 aliphatic heterocycles. The molecule has 0 spiro atoms. The van der Waals surface area contributed by atoms with Crippen LogP contribution in [0.1, 0.15) is 40.4 Å². The lowest BCUT2D eigenvalue weighted by atomic mass is 10.1. The molecule has 0 saturated heterocycles. The first-order valence-electron chi connectivity index (χ1n) is 8.42. The van der Waals surface area contributed by atoms with Gasteiger partial charge in [0.25, 0.3) is 0 Å². The third-order valence-electron chi connectivity index (χ3n) is 4.35. The molecule has 134 valence electrons. The molecule has 1 aromatic carbocycles. The minimum absolute atomic E-state index is 0.0730. The van der Waals surface area contributed by atoms with Crippen molar-refractivity contribution in [3.63, 3.8) is 0 Å². The Kier molecular flexibility index (Phi) is 5.02. The fraction of sp³-hybridized carbons (Fsp3) is 0.250. The summed E-state index contributed by atoms with van der Waals surface area (Å²) in [7, 11) is 1.37. The summed E-state index contributed by atoms with van der Waals surface area (Å²) in [5.74, 6) is 1.30. The maximum Gasteiger partial charge on any atom is 0.339 e. The molecule has 2 aromatic heterocycles. The van der Waals surface area contributed by atoms with E-state index in [1.807, 2.05) is 17.7 Å². The molecular formula is C20H22N4O2. The van der Waals surface area contributed by atoms with Crippen LogP contribution in [-0.4, -0.2) is 27.6 Å². The molecular weight excluding hydrogens is 328 g/mol. The molecule has 0 fully saturated rings. The van der Waals surface area contributed by atoms with E-state index in [-0.39, 0.29) is 12.0 Å². The van der Waals surface area contributed by atoms with Gasteiger partial charge in [0, 0.05) is 24.1 Å². The molecule has 6 nitrogen and oxygen atoms in total. The van der Waals surface area contributed by atoms with Gasteiger partial charge in [-0.25, -0.2) is 14.8 Å². The Hall–Kier alpha value is -3.15. The molecule has 0 aliphatic carbocycles. The zero-order valence-corrected chi connectivity index (χ0v) is 15.4. The first-order chi connectivity index (χ1) is 12.5. The first-order valence-corrected chi connectivity index (χ1v) is 8.42. The maximum atomic E-state index is 11.7. The number of benzene rings is 1. The number of esters is 1. The highest BCUT2D eigenvalue weighted by Gasteiger charge is 2.12. The Morgan fingerprint density at radius 3 is 2.46 bits per heavy atom. The molecule has 0 radical (unpaired) electrons. The lowest BCUT2D eigenvalue weighted by molar-refractivity contribution is 0.0599. The van der Waals surface area contributed by atoms with Gasteiger partial charge in [0.05, 0.1) is 18.4 Å². The van der Waals surface area contributed by atoms with Crippen LogP contribution in [0.4, 0.5) is 5.82 Å². The van der Waals surface area contributed by atoms with Crippen LogP contribution in [0.2, 0.25) is 0 Å². The molecule has 1 atom stereocenters. The maximum absolute atomic E-state index is 11.7. The largest absolute Gasteiger partial charge is 0.465 e. The van der Waals surface area contributed by atoms with Gasteiger partial charge in [0.15, 0.2) is 0 Å². The van der Waals surface area contributed by atoms with E-state index in [2.05, 4.69) is 46.5 Å². The highest BCUT2D eigenvalue weighted by Crippen LogP contribution is 2.21. The van der Waals surface area contributed by atoms with Crippen LogP contribution in [-0.2, 0) is 4.74 Å². The van der Waals surface area contributed by atoms with Gasteiger partial charge >= 0.3 is 5.97 Å². The van der Waals surface area contributed by atoms with E-state index >= 15 is 0 Å². The topological polar surface area (TPSA) is 69.0 Å². The van der Waals surface area contributed by atoms with Crippen molar-refractivity contribution < 1.29 is 9.53 Å². The molecule has 1 N–H and O–H groups in total. The smallest absolute Gasteiger partial charge is 0.339 e. The number of aryl methyl sites for hydroxylation is 2. The number of pyridine rings is 1. The monoisotopic (exact) mass is 350 g/mol. The van der Waals surface area contributed by atoms with Crippen molar-refractivity contribution in [1.82, 2.24) is 14.5 Å². The van der Waals surface area contributed by atoms with Gasteiger partial charge in [-0.3, -0.25) is 0 Å². The minimum atomic E-state index is -0.375. The van der Waals surface area contributed by atoms with Crippen LogP contribution in [0.5, 0.6) is 0 Å². The standard InChI is InChI=1S/C20H22N4O2/c1-13(22-19-10-9-18(14(2)23-19)20(25)26-4)16-5-7-17(8-6-16)24-12-11-21-15(24)3/h5-13H,1-4H3,(H,22,23). The lowest BCUT2D eigenvalue weighted by Crippen LogP contribution is -2.11. The van der Waals surface area contributed by atoms with Crippen LogP contribution >= 0.6 is 0 Å². The zero-order valence-electron chi connectivity index (χ0n) is 15.4. The molecule has 6 heteroatoms. The summed E-state index contributed by atoms with van der Waals surface area (Å²) in [6.45, 7) is 5.84. The summed E-state index contributed by atoms with van der Waals surface area (Å²) in [5.41, 5.74) is 3.33. The number of nitrogens with zero attached hydrogens (tertiary/aromatic N) is 3. The molecule has 3 rings (SSSR count). The molecule has 1 unspecified atom stereocenters. The zero-order chi connectivity index (χ0) is 18.7. The van der Waals surface area contributed by atoms with E-state index in [1.54, 1.807) is 25.3 Å². The van der Waals surface area contributed by atoms with Gasteiger partial charge < -0.3 is 14.6 Å². The first kappa shape index (κ1) is 17.7. The summed E-state index contributed by atoms with van der Waals surface area (Å²) in [6, 6.07) is 11.9. The van der Waals surface area contributed by atoms with Crippen molar-refractivity contribution in [2.24, 2.45) is 0 Å². The highest BCUT2D eigenvalue weighted by molar-refractivity contribution is 5.90. The Morgan fingerprint density at radius 2 is 1.88 bits per heavy atom. The number of anilines is 1. The minimum Gasteiger partial charge on any atom is -0.465 e. The van der Waals surface area contributed by atoms with Crippen LogP contribution in [0.15, 0.2) is 48.8 Å². The molecule has 0 amide bonds. The number of hydrogen-bond donors (Lipinski definition) is 1. The van der Waals surface area contributed by atoms with E-state index in [4.69, 9.17) is 4.74 Å². The second kappa shape index (κ2) is 7.39. The van der Waals surface area contributed by atoms with Crippen molar-refractivity contribution in [3.05, 3.63) is 71.4 Å². The predicted molar refractivity (Wildman–Crippen MR) is 101 cm³/mol. The van der Waals surface area contributed by atoms with Crippen molar-refractivity contribution >= 4 is 11.8 Å². The van der Waals surface area contributed by atoms with Crippen LogP contribution in [0, 0.1) is 13.8 Å². The number of carbonyl (C=O) groups is 1. The third-order valence-corrected chi connectivity index (χ3v) is 4.35. The molecule has 0 aliphatic rings. The Morgan fingerprint density at radius 1 is 1.15 bits per heavy atom. The number of aromatic nitrogens is 3. The molecule has 2 heterocycles. The highest BCUT2D eigenvalue weighted by atomic mass is 16.5. The van der Waals surface area contributed by atoms with Gasteiger partial charge in [-0.1, -0.05) is 12.1 Å². The van der Waals surface area contributed by atoms with Crippen LogP contribution < -0.4 is 5.32 Å². The molecule has 0 saturated carbocycles. The summed E-state index contributed by atoms with van der Waals surface area (Å²) in [5, 5.41) is 3.37. The Bertz CT molecular complexity index is 916. The summed E-state index contributed by atoms with van der Waals surface area (Å²) in [6.07, 6.45) is 3.74. The Labute approximate surface area is 152 Å². The Balaban J connectivity index is 1.74. The second-order valence-corrected chi connectivity index (χ2v) is 6.12. The van der Waals surface area contributed by atoms with Crippen molar-refractivity contribution in [2.45, 2.75) is 26.8 Å². The normalized spacial score (nSPS) is 11.8. The van der Waals surface area contributed by atoms with Crippen LogP contribution in [0.25, 0.3) is 5.69 Å². The van der Waals surface area contributed by atoms with Crippen LogP contribution in [0.3, 0.4) is 0 Å². The van der Waals surface area contributed by atoms with E-state index in [1.165, 1.54) is 7.11 Å². The number of hydrogen-bond acceptors (Lipinski definition) is 5. The quantitative estimate of drug-likeness (QED) is 0.708. The SMILES string of the molecule is COC(=O)c1ccc(NC(C)c2ccc(-n3ccnc3C)cc2)nc1C. The number of ether oxygens (including phenoxy) is 1. The number of rotatable bonds is 5. The molecule has 3 aromatic rings. The molecule has 26 heavy (non-hydrogen) atoms. The van der Waals surface area contributed by atoms with Gasteiger partial charge in [-0.2, -0.15) is 0 Å². The number of imidazole rings is 1. The third kappa shape index (κ3) is 3.59. The van der Waals surface area contributed by atoms with E-state index in [0.717, 1.165) is 22.9 Å². The van der Waals surface area contributed by atoms with Crippen molar-refractivity contribution in [1.29, 1.82) is 0 Å². The van der Waals surface area contributed by atoms with Gasteiger partial charge in [-0.05, 0) is 50.6 Å².